The van der Waals surface area contributed by atoms with Crippen molar-refractivity contribution in [3.8, 4) is 11.8 Å². The fourth-order valence-electron chi connectivity index (χ4n) is 2.58. The van der Waals surface area contributed by atoms with Gasteiger partial charge in [0.25, 0.3) is 0 Å². The molecule has 0 unspecified atom stereocenters. The summed E-state index contributed by atoms with van der Waals surface area (Å²) in [5.74, 6) is 0.780. The van der Waals surface area contributed by atoms with Crippen LogP contribution in [-0.4, -0.2) is 30.6 Å². The highest BCUT2D eigenvalue weighted by Gasteiger charge is 2.10. The van der Waals surface area contributed by atoms with Crippen LogP contribution in [0.1, 0.15) is 5.56 Å². The van der Waals surface area contributed by atoms with E-state index in [0.29, 0.717) is 5.57 Å². The Morgan fingerprint density at radius 1 is 1.45 bits per heavy atom. The van der Waals surface area contributed by atoms with E-state index in [1.54, 1.807) is 7.11 Å². The number of nitriles is 1. The largest absolute Gasteiger partial charge is 0.497 e. The molecule has 1 aromatic carbocycles. The normalized spacial score (nSPS) is 14.9. The predicted molar refractivity (Wildman–Crippen MR) is 88.3 cm³/mol. The molecule has 3 rings (SSSR count). The van der Waals surface area contributed by atoms with E-state index < -0.39 is 0 Å². The number of aromatic nitrogens is 1. The maximum Gasteiger partial charge on any atom is 0.119 e. The van der Waals surface area contributed by atoms with Crippen LogP contribution in [0.15, 0.2) is 54.4 Å². The first-order valence-electron chi connectivity index (χ1n) is 7.07. The molecule has 4 heteroatoms. The number of nitrogens with one attached hydrogen (secondary N) is 1. The fraction of sp³-hybridized carbons (Fsp3) is 0.167. The van der Waals surface area contributed by atoms with Crippen molar-refractivity contribution in [2.75, 3.05) is 20.7 Å². The van der Waals surface area contributed by atoms with E-state index in [9.17, 15) is 5.26 Å². The third kappa shape index (κ3) is 2.61. The van der Waals surface area contributed by atoms with Gasteiger partial charge in [0.2, 0.25) is 0 Å². The van der Waals surface area contributed by atoms with Gasteiger partial charge >= 0.3 is 0 Å². The number of rotatable bonds is 3. The van der Waals surface area contributed by atoms with Gasteiger partial charge in [-0.3, -0.25) is 0 Å². The third-order valence-electron chi connectivity index (χ3n) is 3.68. The van der Waals surface area contributed by atoms with Crippen LogP contribution in [0.25, 0.3) is 16.5 Å². The van der Waals surface area contributed by atoms with Gasteiger partial charge in [0.05, 0.1) is 18.8 Å². The highest BCUT2D eigenvalue weighted by atomic mass is 16.5. The van der Waals surface area contributed by atoms with Crippen LogP contribution in [-0.2, 0) is 0 Å². The van der Waals surface area contributed by atoms with E-state index in [1.807, 2.05) is 49.8 Å². The molecule has 2 aromatic rings. The zero-order valence-electron chi connectivity index (χ0n) is 12.6. The van der Waals surface area contributed by atoms with Crippen molar-refractivity contribution in [2.24, 2.45) is 0 Å². The number of ether oxygens (including phenoxy) is 1. The lowest BCUT2D eigenvalue weighted by Gasteiger charge is -2.16. The molecule has 0 saturated carbocycles. The van der Waals surface area contributed by atoms with Gasteiger partial charge in [-0.2, -0.15) is 5.26 Å². The third-order valence-corrected chi connectivity index (χ3v) is 3.68. The van der Waals surface area contributed by atoms with Crippen molar-refractivity contribution < 1.29 is 4.74 Å². The van der Waals surface area contributed by atoms with Gasteiger partial charge in [0.15, 0.2) is 0 Å². The van der Waals surface area contributed by atoms with Gasteiger partial charge in [-0.25, -0.2) is 0 Å². The molecule has 110 valence electrons. The number of aromatic amines is 1. The topological polar surface area (TPSA) is 52.1 Å². The van der Waals surface area contributed by atoms with Crippen LogP contribution in [0.2, 0.25) is 0 Å². The number of allylic oxidation sites excluding steroid dienone is 4. The van der Waals surface area contributed by atoms with E-state index in [2.05, 4.69) is 22.0 Å². The minimum absolute atomic E-state index is 0.630. The van der Waals surface area contributed by atoms with Gasteiger partial charge in [0.1, 0.15) is 5.75 Å². The Labute approximate surface area is 129 Å². The summed E-state index contributed by atoms with van der Waals surface area (Å²) in [7, 11) is 3.65. The number of H-pyrrole nitrogens is 1. The first-order valence-corrected chi connectivity index (χ1v) is 7.07. The second-order valence-corrected chi connectivity index (χ2v) is 5.25. The van der Waals surface area contributed by atoms with Crippen molar-refractivity contribution in [1.29, 1.82) is 5.26 Å². The van der Waals surface area contributed by atoms with Crippen LogP contribution in [0.5, 0.6) is 5.75 Å². The standard InChI is InChI=1S/C18H17N3O/c1-21-7-3-4-13(12-21)8-14(10-19)17-11-20-18-6-5-15(22-2)9-16(17)18/h3-6,8-9,11-12,20H,7H2,1-2H3/b14-8+. The molecule has 0 aliphatic carbocycles. The van der Waals surface area contributed by atoms with Crippen molar-refractivity contribution in [3.63, 3.8) is 0 Å². The van der Waals surface area contributed by atoms with Gasteiger partial charge in [-0.15, -0.1) is 0 Å². The minimum Gasteiger partial charge on any atom is -0.497 e. The molecule has 0 saturated heterocycles. The van der Waals surface area contributed by atoms with Crippen molar-refractivity contribution in [2.45, 2.75) is 0 Å². The lowest BCUT2D eigenvalue weighted by Crippen LogP contribution is -2.13. The number of fused-ring (bicyclic) bond motifs is 1. The lowest BCUT2D eigenvalue weighted by atomic mass is 10.0. The Bertz CT molecular complexity index is 834. The second-order valence-electron chi connectivity index (χ2n) is 5.25. The first-order chi connectivity index (χ1) is 10.7. The highest BCUT2D eigenvalue weighted by molar-refractivity contribution is 5.97. The monoisotopic (exact) mass is 291 g/mol. The molecule has 0 amide bonds. The number of benzene rings is 1. The Morgan fingerprint density at radius 3 is 3.05 bits per heavy atom. The second kappa shape index (κ2) is 5.82. The van der Waals surface area contributed by atoms with Crippen molar-refractivity contribution in [3.05, 3.63) is 60.0 Å². The SMILES string of the molecule is COc1ccc2[nH]cc(/C(C#N)=C/C3=CN(C)CC=C3)c2c1. The lowest BCUT2D eigenvalue weighted by molar-refractivity contribution is 0.415. The van der Waals surface area contributed by atoms with Crippen LogP contribution in [0.3, 0.4) is 0 Å². The number of methoxy groups -OCH3 is 1. The molecule has 0 spiro atoms. The quantitative estimate of drug-likeness (QED) is 0.881. The smallest absolute Gasteiger partial charge is 0.119 e. The summed E-state index contributed by atoms with van der Waals surface area (Å²) in [5.41, 5.74) is 3.52. The van der Waals surface area contributed by atoms with Crippen molar-refractivity contribution in [1.82, 2.24) is 9.88 Å². The maximum absolute atomic E-state index is 9.55. The average molecular weight is 291 g/mol. The minimum atomic E-state index is 0.630. The van der Waals surface area contributed by atoms with E-state index in [1.165, 1.54) is 0 Å². The zero-order chi connectivity index (χ0) is 15.5. The van der Waals surface area contributed by atoms with E-state index >= 15 is 0 Å². The van der Waals surface area contributed by atoms with Crippen LogP contribution >= 0.6 is 0 Å². The number of hydrogen-bond donors (Lipinski definition) is 1. The first kappa shape index (κ1) is 14.0. The summed E-state index contributed by atoms with van der Waals surface area (Å²) in [6, 6.07) is 8.11. The summed E-state index contributed by atoms with van der Waals surface area (Å²) in [6.07, 6.45) is 9.93. The van der Waals surface area contributed by atoms with Crippen LogP contribution in [0, 0.1) is 11.3 Å². The van der Waals surface area contributed by atoms with E-state index in [-0.39, 0.29) is 0 Å². The molecule has 1 aliphatic rings. The number of hydrogen-bond acceptors (Lipinski definition) is 3. The summed E-state index contributed by atoms with van der Waals surface area (Å²) in [5, 5.41) is 10.5. The molecule has 2 heterocycles. The molecule has 4 nitrogen and oxygen atoms in total. The van der Waals surface area contributed by atoms with Crippen molar-refractivity contribution >= 4 is 16.5 Å². The molecule has 1 aliphatic heterocycles. The molecule has 1 N–H and O–H groups in total. The molecule has 0 atom stereocenters. The molecular formula is C18H17N3O. The highest BCUT2D eigenvalue weighted by Crippen LogP contribution is 2.29. The van der Waals surface area contributed by atoms with Gasteiger partial charge in [-0.05, 0) is 29.8 Å². The molecule has 0 radical (unpaired) electrons. The number of nitrogens with zero attached hydrogens (tertiary/aromatic N) is 2. The maximum atomic E-state index is 9.55. The summed E-state index contributed by atoms with van der Waals surface area (Å²) < 4.78 is 5.28. The van der Waals surface area contributed by atoms with E-state index in [0.717, 1.165) is 34.3 Å². The molecule has 0 bridgehead atoms. The summed E-state index contributed by atoms with van der Waals surface area (Å²) in [6.45, 7) is 0.892. The van der Waals surface area contributed by atoms with Gasteiger partial charge < -0.3 is 14.6 Å². The molecule has 22 heavy (non-hydrogen) atoms. The molecule has 1 aromatic heterocycles. The Kier molecular flexibility index (Phi) is 3.71. The fourth-order valence-corrected chi connectivity index (χ4v) is 2.58. The van der Waals surface area contributed by atoms with E-state index in [4.69, 9.17) is 4.74 Å². The van der Waals surface area contributed by atoms with Gasteiger partial charge in [0, 0.05) is 42.5 Å². The average Bonchev–Trinajstić information content (AvgIpc) is 2.95. The summed E-state index contributed by atoms with van der Waals surface area (Å²) in [4.78, 5) is 5.29. The Morgan fingerprint density at radius 2 is 2.32 bits per heavy atom. The Balaban J connectivity index is 2.08. The summed E-state index contributed by atoms with van der Waals surface area (Å²) >= 11 is 0. The predicted octanol–water partition coefficient (Wildman–Crippen LogP) is 3.47. The molecular weight excluding hydrogens is 274 g/mol. The molecule has 0 fully saturated rings. The number of likely N-dealkylation sites (N-methyl/N-ethyl adjacent to an activating group) is 1. The van der Waals surface area contributed by atoms with Crippen LogP contribution < -0.4 is 4.74 Å². The zero-order valence-corrected chi connectivity index (χ0v) is 12.6. The van der Waals surface area contributed by atoms with Crippen LogP contribution in [0.4, 0.5) is 0 Å². The Hall–Kier alpha value is -2.93. The van der Waals surface area contributed by atoms with Gasteiger partial charge in [-0.1, -0.05) is 12.2 Å².